The van der Waals surface area contributed by atoms with E-state index in [1.807, 2.05) is 0 Å². The third-order valence-electron chi connectivity index (χ3n) is 2.18. The summed E-state index contributed by atoms with van der Waals surface area (Å²) in [4.78, 5) is 3.83. The minimum Gasteiger partial charge on any atom is -0.333 e. The molecule has 0 saturated carbocycles. The SMILES string of the molecule is FC(F)(F)c1cccc(Cn2ccnc2)c1. The van der Waals surface area contributed by atoms with Crippen molar-refractivity contribution in [1.29, 1.82) is 0 Å². The van der Waals surface area contributed by atoms with Crippen LogP contribution in [0.3, 0.4) is 0 Å². The standard InChI is InChI=1S/C11H9F3N2/c12-11(13,14)10-3-1-2-9(6-10)7-16-5-4-15-8-16/h1-6,8H,7H2. The Morgan fingerprint density at radius 2 is 2.06 bits per heavy atom. The molecule has 0 amide bonds. The molecular formula is C11H9F3N2. The average molecular weight is 226 g/mol. The van der Waals surface area contributed by atoms with Gasteiger partial charge in [-0.05, 0) is 17.7 Å². The number of benzene rings is 1. The molecule has 0 aliphatic rings. The van der Waals surface area contributed by atoms with Gasteiger partial charge in [0.15, 0.2) is 0 Å². The fourth-order valence-electron chi connectivity index (χ4n) is 1.44. The molecule has 0 unspecified atom stereocenters. The molecule has 2 nitrogen and oxygen atoms in total. The monoisotopic (exact) mass is 226 g/mol. The molecule has 1 aromatic carbocycles. The lowest BCUT2D eigenvalue weighted by Gasteiger charge is -2.08. The fraction of sp³-hybridized carbons (Fsp3) is 0.182. The smallest absolute Gasteiger partial charge is 0.333 e. The predicted octanol–water partition coefficient (Wildman–Crippen LogP) is 2.95. The van der Waals surface area contributed by atoms with Crippen LogP contribution in [-0.4, -0.2) is 9.55 Å². The lowest BCUT2D eigenvalue weighted by atomic mass is 10.1. The third kappa shape index (κ3) is 2.42. The number of hydrogen-bond donors (Lipinski definition) is 0. The van der Waals surface area contributed by atoms with Crippen molar-refractivity contribution in [3.05, 3.63) is 54.1 Å². The summed E-state index contributed by atoms with van der Waals surface area (Å²) in [6.07, 6.45) is 0.582. The highest BCUT2D eigenvalue weighted by molar-refractivity contribution is 5.25. The Kier molecular flexibility index (Phi) is 2.68. The van der Waals surface area contributed by atoms with E-state index in [1.54, 1.807) is 29.4 Å². The minimum atomic E-state index is -4.29. The highest BCUT2D eigenvalue weighted by Gasteiger charge is 2.30. The molecule has 0 spiro atoms. The van der Waals surface area contributed by atoms with Crippen LogP contribution in [0, 0.1) is 0 Å². The van der Waals surface area contributed by atoms with Gasteiger partial charge >= 0.3 is 6.18 Å². The van der Waals surface area contributed by atoms with Crippen LogP contribution in [0.1, 0.15) is 11.1 Å². The first kappa shape index (κ1) is 10.7. The molecule has 0 N–H and O–H groups in total. The second-order valence-electron chi connectivity index (χ2n) is 3.43. The number of halogens is 3. The molecule has 5 heteroatoms. The van der Waals surface area contributed by atoms with Gasteiger partial charge in [0.25, 0.3) is 0 Å². The number of alkyl halides is 3. The highest BCUT2D eigenvalue weighted by Crippen LogP contribution is 2.29. The van der Waals surface area contributed by atoms with Gasteiger partial charge in [-0.15, -0.1) is 0 Å². The van der Waals surface area contributed by atoms with Gasteiger partial charge in [-0.1, -0.05) is 12.1 Å². The molecular weight excluding hydrogens is 217 g/mol. The summed E-state index contributed by atoms with van der Waals surface area (Å²) in [6, 6.07) is 5.29. The molecule has 0 aliphatic heterocycles. The quantitative estimate of drug-likeness (QED) is 0.769. The van der Waals surface area contributed by atoms with E-state index in [4.69, 9.17) is 0 Å². The molecule has 0 bridgehead atoms. The molecule has 84 valence electrons. The van der Waals surface area contributed by atoms with Crippen molar-refractivity contribution < 1.29 is 13.2 Å². The van der Waals surface area contributed by atoms with Crippen molar-refractivity contribution in [2.45, 2.75) is 12.7 Å². The van der Waals surface area contributed by atoms with E-state index in [0.717, 1.165) is 12.1 Å². The largest absolute Gasteiger partial charge is 0.416 e. The van der Waals surface area contributed by atoms with Gasteiger partial charge in [-0.3, -0.25) is 0 Å². The van der Waals surface area contributed by atoms with Crippen molar-refractivity contribution in [2.24, 2.45) is 0 Å². The summed E-state index contributed by atoms with van der Waals surface area (Å²) in [5.41, 5.74) is -0.0158. The van der Waals surface area contributed by atoms with Gasteiger partial charge in [0, 0.05) is 18.9 Å². The van der Waals surface area contributed by atoms with Gasteiger partial charge in [0.1, 0.15) is 0 Å². The minimum absolute atomic E-state index is 0.393. The number of imidazole rings is 1. The lowest BCUT2D eigenvalue weighted by molar-refractivity contribution is -0.137. The zero-order chi connectivity index (χ0) is 11.6. The van der Waals surface area contributed by atoms with E-state index in [-0.39, 0.29) is 0 Å². The summed E-state index contributed by atoms with van der Waals surface area (Å²) in [5.74, 6) is 0. The second kappa shape index (κ2) is 4.00. The summed E-state index contributed by atoms with van der Waals surface area (Å²) in [7, 11) is 0. The Labute approximate surface area is 90.4 Å². The first-order valence-corrected chi connectivity index (χ1v) is 4.67. The Bertz CT molecular complexity index is 460. The maximum Gasteiger partial charge on any atom is 0.416 e. The zero-order valence-electron chi connectivity index (χ0n) is 8.28. The number of aromatic nitrogens is 2. The Morgan fingerprint density at radius 1 is 1.25 bits per heavy atom. The van der Waals surface area contributed by atoms with E-state index < -0.39 is 11.7 Å². The number of rotatable bonds is 2. The maximum atomic E-state index is 12.4. The van der Waals surface area contributed by atoms with E-state index in [1.165, 1.54) is 6.07 Å². The summed E-state index contributed by atoms with van der Waals surface area (Å²) in [6.45, 7) is 0.393. The van der Waals surface area contributed by atoms with Crippen molar-refractivity contribution in [2.75, 3.05) is 0 Å². The first-order valence-electron chi connectivity index (χ1n) is 4.67. The van der Waals surface area contributed by atoms with Crippen molar-refractivity contribution in [3.63, 3.8) is 0 Å². The zero-order valence-corrected chi connectivity index (χ0v) is 8.28. The molecule has 1 aromatic heterocycles. The highest BCUT2D eigenvalue weighted by atomic mass is 19.4. The van der Waals surface area contributed by atoms with E-state index >= 15 is 0 Å². The summed E-state index contributed by atoms with van der Waals surface area (Å²) < 4.78 is 39.0. The van der Waals surface area contributed by atoms with E-state index in [0.29, 0.717) is 12.1 Å². The van der Waals surface area contributed by atoms with Crippen LogP contribution in [0.4, 0.5) is 13.2 Å². The Morgan fingerprint density at radius 3 is 2.69 bits per heavy atom. The third-order valence-corrected chi connectivity index (χ3v) is 2.18. The van der Waals surface area contributed by atoms with Gasteiger partial charge < -0.3 is 4.57 Å². The lowest BCUT2D eigenvalue weighted by Crippen LogP contribution is -2.06. The number of hydrogen-bond acceptors (Lipinski definition) is 1. The molecule has 0 radical (unpaired) electrons. The first-order chi connectivity index (χ1) is 7.55. The summed E-state index contributed by atoms with van der Waals surface area (Å²) in [5, 5.41) is 0. The van der Waals surface area contributed by atoms with Crippen molar-refractivity contribution in [1.82, 2.24) is 9.55 Å². The second-order valence-corrected chi connectivity index (χ2v) is 3.43. The molecule has 0 saturated heterocycles. The van der Waals surface area contributed by atoms with Crippen LogP contribution >= 0.6 is 0 Å². The molecule has 1 heterocycles. The van der Waals surface area contributed by atoms with Crippen LogP contribution in [0.15, 0.2) is 43.0 Å². The van der Waals surface area contributed by atoms with E-state index in [9.17, 15) is 13.2 Å². The molecule has 0 aliphatic carbocycles. The van der Waals surface area contributed by atoms with Crippen LogP contribution in [0.25, 0.3) is 0 Å². The summed E-state index contributed by atoms with van der Waals surface area (Å²) >= 11 is 0. The van der Waals surface area contributed by atoms with Crippen LogP contribution in [0.2, 0.25) is 0 Å². The van der Waals surface area contributed by atoms with Gasteiger partial charge in [0.2, 0.25) is 0 Å². The fourth-order valence-corrected chi connectivity index (χ4v) is 1.44. The molecule has 0 atom stereocenters. The normalized spacial score (nSPS) is 11.7. The molecule has 16 heavy (non-hydrogen) atoms. The van der Waals surface area contributed by atoms with Gasteiger partial charge in [-0.2, -0.15) is 13.2 Å². The molecule has 2 aromatic rings. The topological polar surface area (TPSA) is 17.8 Å². The van der Waals surface area contributed by atoms with Gasteiger partial charge in [0.05, 0.1) is 11.9 Å². The average Bonchev–Trinajstić information content (AvgIpc) is 2.70. The van der Waals surface area contributed by atoms with Crippen LogP contribution in [-0.2, 0) is 12.7 Å². The Balaban J connectivity index is 2.23. The van der Waals surface area contributed by atoms with E-state index in [2.05, 4.69) is 4.98 Å². The van der Waals surface area contributed by atoms with Crippen LogP contribution in [0.5, 0.6) is 0 Å². The molecule has 2 rings (SSSR count). The van der Waals surface area contributed by atoms with Crippen LogP contribution < -0.4 is 0 Å². The maximum absolute atomic E-state index is 12.4. The molecule has 0 fully saturated rings. The predicted molar refractivity (Wildman–Crippen MR) is 52.8 cm³/mol. The number of nitrogens with zero attached hydrogens (tertiary/aromatic N) is 2. The Hall–Kier alpha value is -1.78. The van der Waals surface area contributed by atoms with Crippen molar-refractivity contribution >= 4 is 0 Å². The van der Waals surface area contributed by atoms with Gasteiger partial charge in [-0.25, -0.2) is 4.98 Å². The van der Waals surface area contributed by atoms with Crippen molar-refractivity contribution in [3.8, 4) is 0 Å².